The average molecular weight is 504 g/mol. The maximum absolute atomic E-state index is 13.0. The van der Waals surface area contributed by atoms with E-state index in [-0.39, 0.29) is 28.9 Å². The summed E-state index contributed by atoms with van der Waals surface area (Å²) >= 11 is 6.19. The highest BCUT2D eigenvalue weighted by atomic mass is 35.5. The number of amides is 3. The molecular formula is C27H22ClN3O5. The molecule has 8 nitrogen and oxygen atoms in total. The van der Waals surface area contributed by atoms with E-state index in [0.29, 0.717) is 22.5 Å². The number of ether oxygens (including phenoxy) is 1. The van der Waals surface area contributed by atoms with Crippen LogP contribution in [0.25, 0.3) is 0 Å². The number of halogens is 1. The van der Waals surface area contributed by atoms with Crippen molar-refractivity contribution in [1.82, 2.24) is 0 Å². The van der Waals surface area contributed by atoms with E-state index in [2.05, 4.69) is 10.6 Å². The lowest BCUT2D eigenvalue weighted by Crippen LogP contribution is -2.32. The van der Waals surface area contributed by atoms with E-state index < -0.39 is 17.8 Å². The topological polar surface area (TPSA) is 105 Å². The Morgan fingerprint density at radius 1 is 0.889 bits per heavy atom. The quantitative estimate of drug-likeness (QED) is 0.352. The number of imide groups is 1. The summed E-state index contributed by atoms with van der Waals surface area (Å²) in [4.78, 5) is 51.1. The highest BCUT2D eigenvalue weighted by Gasteiger charge is 2.39. The minimum absolute atomic E-state index is 0.0896. The number of esters is 1. The van der Waals surface area contributed by atoms with E-state index in [1.54, 1.807) is 31.2 Å². The largest absolute Gasteiger partial charge is 0.462 e. The van der Waals surface area contributed by atoms with Crippen LogP contribution in [-0.4, -0.2) is 30.3 Å². The van der Waals surface area contributed by atoms with Crippen molar-refractivity contribution in [3.8, 4) is 0 Å². The molecule has 0 bridgehead atoms. The van der Waals surface area contributed by atoms with Gasteiger partial charge in [-0.25, -0.2) is 9.69 Å². The van der Waals surface area contributed by atoms with Crippen molar-refractivity contribution in [2.45, 2.75) is 13.8 Å². The molecule has 9 heteroatoms. The highest BCUT2D eigenvalue weighted by molar-refractivity contribution is 6.53. The molecule has 3 aromatic rings. The van der Waals surface area contributed by atoms with Gasteiger partial charge in [-0.1, -0.05) is 29.8 Å². The molecule has 0 unspecified atom stereocenters. The number of nitrogens with one attached hydrogen (secondary N) is 2. The van der Waals surface area contributed by atoms with Gasteiger partial charge in [0.25, 0.3) is 17.7 Å². The first-order valence-corrected chi connectivity index (χ1v) is 11.5. The zero-order valence-electron chi connectivity index (χ0n) is 19.5. The molecule has 0 atom stereocenters. The summed E-state index contributed by atoms with van der Waals surface area (Å²) in [6.07, 6.45) is 0. The Bertz CT molecular complexity index is 1380. The molecule has 3 amide bonds. The lowest BCUT2D eigenvalue weighted by atomic mass is 10.1. The minimum Gasteiger partial charge on any atom is -0.462 e. The summed E-state index contributed by atoms with van der Waals surface area (Å²) in [7, 11) is 0. The van der Waals surface area contributed by atoms with E-state index in [4.69, 9.17) is 16.3 Å². The van der Waals surface area contributed by atoms with Crippen LogP contribution in [0.15, 0.2) is 83.5 Å². The zero-order chi connectivity index (χ0) is 25.8. The third kappa shape index (κ3) is 4.99. The Hall–Kier alpha value is -4.43. The van der Waals surface area contributed by atoms with Gasteiger partial charge in [-0.15, -0.1) is 0 Å². The van der Waals surface area contributed by atoms with Gasteiger partial charge in [0, 0.05) is 16.9 Å². The van der Waals surface area contributed by atoms with Crippen molar-refractivity contribution >= 4 is 52.4 Å². The van der Waals surface area contributed by atoms with Crippen LogP contribution >= 0.6 is 11.6 Å². The number of para-hydroxylation sites is 1. The van der Waals surface area contributed by atoms with Crippen LogP contribution in [0, 0.1) is 6.92 Å². The maximum Gasteiger partial charge on any atom is 0.338 e. The fourth-order valence-electron chi connectivity index (χ4n) is 3.56. The lowest BCUT2D eigenvalue weighted by molar-refractivity contribution is -0.120. The van der Waals surface area contributed by atoms with E-state index in [0.717, 1.165) is 10.5 Å². The molecule has 0 aliphatic carbocycles. The number of hydrogen-bond acceptors (Lipinski definition) is 6. The SMILES string of the molecule is CCOC(=O)c1ccc(N2C(=O)C(Cl)=C(Nc3ccc(C(=O)Nc4ccccc4C)cc3)C2=O)cc1. The second kappa shape index (κ2) is 10.5. The predicted molar refractivity (Wildman–Crippen MR) is 137 cm³/mol. The molecule has 1 aliphatic heterocycles. The van der Waals surface area contributed by atoms with Gasteiger partial charge in [0.05, 0.1) is 17.9 Å². The van der Waals surface area contributed by atoms with Crippen molar-refractivity contribution in [2.75, 3.05) is 22.1 Å². The van der Waals surface area contributed by atoms with Crippen molar-refractivity contribution < 1.29 is 23.9 Å². The first kappa shape index (κ1) is 24.7. The normalized spacial score (nSPS) is 13.1. The van der Waals surface area contributed by atoms with Gasteiger partial charge < -0.3 is 15.4 Å². The van der Waals surface area contributed by atoms with Gasteiger partial charge in [0.2, 0.25) is 0 Å². The zero-order valence-corrected chi connectivity index (χ0v) is 20.3. The number of aryl methyl sites for hydroxylation is 1. The Labute approximate surface area is 212 Å². The Kier molecular flexibility index (Phi) is 7.17. The fourth-order valence-corrected chi connectivity index (χ4v) is 3.78. The van der Waals surface area contributed by atoms with Gasteiger partial charge in [0.1, 0.15) is 10.7 Å². The minimum atomic E-state index is -0.692. The van der Waals surface area contributed by atoms with Gasteiger partial charge >= 0.3 is 5.97 Å². The molecule has 0 saturated carbocycles. The Balaban J connectivity index is 1.46. The molecular weight excluding hydrogens is 482 g/mol. The molecule has 4 rings (SSSR count). The second-order valence-electron chi connectivity index (χ2n) is 7.87. The van der Waals surface area contributed by atoms with E-state index in [1.165, 1.54) is 24.3 Å². The van der Waals surface area contributed by atoms with Crippen LogP contribution in [0.4, 0.5) is 17.1 Å². The molecule has 0 radical (unpaired) electrons. The summed E-state index contributed by atoms with van der Waals surface area (Å²) in [5.74, 6) is -2.12. The van der Waals surface area contributed by atoms with Gasteiger partial charge in [-0.3, -0.25) is 14.4 Å². The predicted octanol–water partition coefficient (Wildman–Crippen LogP) is 4.86. The van der Waals surface area contributed by atoms with Crippen LogP contribution in [0.2, 0.25) is 0 Å². The van der Waals surface area contributed by atoms with Crippen molar-refractivity contribution in [2.24, 2.45) is 0 Å². The average Bonchev–Trinajstić information content (AvgIpc) is 3.09. The molecule has 0 spiro atoms. The first-order chi connectivity index (χ1) is 17.3. The van der Waals surface area contributed by atoms with Crippen molar-refractivity contribution in [1.29, 1.82) is 0 Å². The molecule has 1 heterocycles. The number of carbonyl (C=O) groups excluding carboxylic acids is 4. The lowest BCUT2D eigenvalue weighted by Gasteiger charge is -2.15. The number of nitrogens with zero attached hydrogens (tertiary/aromatic N) is 1. The van der Waals surface area contributed by atoms with Crippen molar-refractivity contribution in [3.05, 3.63) is 100 Å². The molecule has 0 aromatic heterocycles. The van der Waals surface area contributed by atoms with Crippen LogP contribution < -0.4 is 15.5 Å². The third-order valence-electron chi connectivity index (χ3n) is 5.47. The molecule has 1 aliphatic rings. The summed E-state index contributed by atoms with van der Waals surface area (Å²) < 4.78 is 4.94. The van der Waals surface area contributed by atoms with Crippen LogP contribution in [-0.2, 0) is 14.3 Å². The molecule has 36 heavy (non-hydrogen) atoms. The van der Waals surface area contributed by atoms with E-state index >= 15 is 0 Å². The van der Waals surface area contributed by atoms with E-state index in [1.807, 2.05) is 31.2 Å². The smallest absolute Gasteiger partial charge is 0.338 e. The summed E-state index contributed by atoms with van der Waals surface area (Å²) in [5.41, 5.74) is 3.01. The highest BCUT2D eigenvalue weighted by Crippen LogP contribution is 2.30. The number of hydrogen-bond donors (Lipinski definition) is 2. The summed E-state index contributed by atoms with van der Waals surface area (Å²) in [6, 6.07) is 19.7. The second-order valence-corrected chi connectivity index (χ2v) is 8.25. The van der Waals surface area contributed by atoms with Crippen LogP contribution in [0.5, 0.6) is 0 Å². The van der Waals surface area contributed by atoms with Gasteiger partial charge in [-0.2, -0.15) is 0 Å². The molecule has 3 aromatic carbocycles. The number of carbonyl (C=O) groups is 4. The van der Waals surface area contributed by atoms with E-state index in [9.17, 15) is 19.2 Å². The molecule has 2 N–H and O–H groups in total. The standard InChI is InChI=1S/C27H22ClN3O5/c1-3-36-27(35)18-10-14-20(15-11-18)31-25(33)22(28)23(26(31)34)29-19-12-8-17(9-13-19)24(32)30-21-7-5-4-6-16(21)2/h4-15,29H,3H2,1-2H3,(H,30,32). The number of anilines is 3. The molecule has 0 saturated heterocycles. The molecule has 182 valence electrons. The monoisotopic (exact) mass is 503 g/mol. The maximum atomic E-state index is 13.0. The summed E-state index contributed by atoms with van der Waals surface area (Å²) in [6.45, 7) is 3.83. The van der Waals surface area contributed by atoms with Crippen LogP contribution in [0.1, 0.15) is 33.2 Å². The first-order valence-electron chi connectivity index (χ1n) is 11.1. The summed E-state index contributed by atoms with van der Waals surface area (Å²) in [5, 5.41) is 5.46. The van der Waals surface area contributed by atoms with Gasteiger partial charge in [-0.05, 0) is 74.0 Å². The number of rotatable bonds is 7. The third-order valence-corrected chi connectivity index (χ3v) is 5.82. The Morgan fingerprint density at radius 3 is 2.17 bits per heavy atom. The van der Waals surface area contributed by atoms with Gasteiger partial charge in [0.15, 0.2) is 0 Å². The molecule has 0 fully saturated rings. The Morgan fingerprint density at radius 2 is 1.53 bits per heavy atom. The van der Waals surface area contributed by atoms with Crippen LogP contribution in [0.3, 0.4) is 0 Å². The number of benzene rings is 3. The fraction of sp³-hybridized carbons (Fsp3) is 0.111. The van der Waals surface area contributed by atoms with Crippen molar-refractivity contribution in [3.63, 3.8) is 0 Å².